The summed E-state index contributed by atoms with van der Waals surface area (Å²) in [6.07, 6.45) is 2.07. The number of aryl methyl sites for hydroxylation is 1. The van der Waals surface area contributed by atoms with E-state index in [1.807, 2.05) is 12.1 Å². The van der Waals surface area contributed by atoms with Gasteiger partial charge in [0, 0.05) is 0 Å². The first-order chi connectivity index (χ1) is 5.83. The molecule has 1 N–H and O–H groups in total. The van der Waals surface area contributed by atoms with Crippen LogP contribution in [0.4, 0.5) is 0 Å². The van der Waals surface area contributed by atoms with Crippen LogP contribution in [-0.2, 0) is 19.4 Å². The van der Waals surface area contributed by atoms with Crippen LogP contribution in [0.3, 0.4) is 0 Å². The van der Waals surface area contributed by atoms with E-state index in [9.17, 15) is 0 Å². The molecule has 0 aliphatic heterocycles. The SMILES string of the molecule is CCc1cccc(CO)c1CC. The second kappa shape index (κ2) is 4.27. The zero-order valence-corrected chi connectivity index (χ0v) is 7.80. The van der Waals surface area contributed by atoms with Gasteiger partial charge in [-0.15, -0.1) is 0 Å². The van der Waals surface area contributed by atoms with Gasteiger partial charge in [-0.3, -0.25) is 0 Å². The average molecular weight is 164 g/mol. The number of hydrogen-bond acceptors (Lipinski definition) is 1. The van der Waals surface area contributed by atoms with E-state index in [-0.39, 0.29) is 6.61 Å². The van der Waals surface area contributed by atoms with Gasteiger partial charge in [0.2, 0.25) is 0 Å². The Morgan fingerprint density at radius 2 is 1.75 bits per heavy atom. The van der Waals surface area contributed by atoms with Crippen LogP contribution >= 0.6 is 0 Å². The van der Waals surface area contributed by atoms with Crippen molar-refractivity contribution >= 4 is 0 Å². The molecule has 0 fully saturated rings. The Morgan fingerprint density at radius 3 is 2.25 bits per heavy atom. The molecule has 0 amide bonds. The maximum Gasteiger partial charge on any atom is 0.0684 e. The first kappa shape index (κ1) is 9.27. The Labute approximate surface area is 74.1 Å². The van der Waals surface area contributed by atoms with Crippen LogP contribution in [0.15, 0.2) is 18.2 Å². The third-order valence-electron chi connectivity index (χ3n) is 2.27. The van der Waals surface area contributed by atoms with Gasteiger partial charge in [-0.05, 0) is 29.5 Å². The molecule has 1 heteroatoms. The predicted molar refractivity (Wildman–Crippen MR) is 51.1 cm³/mol. The lowest BCUT2D eigenvalue weighted by molar-refractivity contribution is 0.280. The van der Waals surface area contributed by atoms with Crippen LogP contribution in [-0.4, -0.2) is 5.11 Å². The van der Waals surface area contributed by atoms with E-state index in [2.05, 4.69) is 19.9 Å². The molecule has 0 radical (unpaired) electrons. The summed E-state index contributed by atoms with van der Waals surface area (Å²) >= 11 is 0. The van der Waals surface area contributed by atoms with Crippen LogP contribution in [0, 0.1) is 0 Å². The molecule has 0 saturated heterocycles. The number of benzene rings is 1. The summed E-state index contributed by atoms with van der Waals surface area (Å²) in [5.74, 6) is 0. The average Bonchev–Trinajstić information content (AvgIpc) is 2.16. The van der Waals surface area contributed by atoms with E-state index in [0.29, 0.717) is 0 Å². The highest BCUT2D eigenvalue weighted by molar-refractivity contribution is 5.34. The van der Waals surface area contributed by atoms with Crippen molar-refractivity contribution in [2.45, 2.75) is 33.3 Å². The molecule has 1 rings (SSSR count). The van der Waals surface area contributed by atoms with E-state index in [4.69, 9.17) is 5.11 Å². The molecular formula is C11H16O. The maximum absolute atomic E-state index is 9.07. The smallest absolute Gasteiger partial charge is 0.0684 e. The highest BCUT2D eigenvalue weighted by Gasteiger charge is 2.02. The van der Waals surface area contributed by atoms with Gasteiger partial charge in [0.05, 0.1) is 6.61 Å². The van der Waals surface area contributed by atoms with E-state index in [0.717, 1.165) is 18.4 Å². The van der Waals surface area contributed by atoms with Crippen molar-refractivity contribution in [1.29, 1.82) is 0 Å². The van der Waals surface area contributed by atoms with Crippen molar-refractivity contribution in [3.8, 4) is 0 Å². The largest absolute Gasteiger partial charge is 0.392 e. The second-order valence-electron chi connectivity index (χ2n) is 2.92. The lowest BCUT2D eigenvalue weighted by atomic mass is 9.98. The van der Waals surface area contributed by atoms with Crippen molar-refractivity contribution in [2.24, 2.45) is 0 Å². The monoisotopic (exact) mass is 164 g/mol. The fourth-order valence-corrected chi connectivity index (χ4v) is 1.62. The minimum Gasteiger partial charge on any atom is -0.392 e. The second-order valence-corrected chi connectivity index (χ2v) is 2.92. The minimum atomic E-state index is 0.164. The fourth-order valence-electron chi connectivity index (χ4n) is 1.62. The van der Waals surface area contributed by atoms with E-state index in [1.54, 1.807) is 0 Å². The molecule has 0 bridgehead atoms. The molecule has 0 heterocycles. The van der Waals surface area contributed by atoms with Gasteiger partial charge in [-0.25, -0.2) is 0 Å². The maximum atomic E-state index is 9.07. The number of aliphatic hydroxyl groups excluding tert-OH is 1. The molecule has 0 unspecified atom stereocenters. The van der Waals surface area contributed by atoms with Crippen LogP contribution in [0.2, 0.25) is 0 Å². The van der Waals surface area contributed by atoms with Crippen LogP contribution in [0.5, 0.6) is 0 Å². The summed E-state index contributed by atoms with van der Waals surface area (Å²) in [5, 5.41) is 9.07. The molecular weight excluding hydrogens is 148 g/mol. The van der Waals surface area contributed by atoms with Gasteiger partial charge in [0.25, 0.3) is 0 Å². The van der Waals surface area contributed by atoms with Crippen molar-refractivity contribution in [2.75, 3.05) is 0 Å². The lowest BCUT2D eigenvalue weighted by Crippen LogP contribution is -1.97. The lowest BCUT2D eigenvalue weighted by Gasteiger charge is -2.09. The Morgan fingerprint density at radius 1 is 1.08 bits per heavy atom. The molecule has 0 atom stereocenters. The van der Waals surface area contributed by atoms with Gasteiger partial charge in [-0.1, -0.05) is 32.0 Å². The number of aliphatic hydroxyl groups is 1. The van der Waals surface area contributed by atoms with E-state index >= 15 is 0 Å². The zero-order valence-electron chi connectivity index (χ0n) is 7.80. The van der Waals surface area contributed by atoms with Gasteiger partial charge < -0.3 is 5.11 Å². The minimum absolute atomic E-state index is 0.164. The fraction of sp³-hybridized carbons (Fsp3) is 0.455. The summed E-state index contributed by atoms with van der Waals surface area (Å²) in [6.45, 7) is 4.44. The van der Waals surface area contributed by atoms with E-state index < -0.39 is 0 Å². The highest BCUT2D eigenvalue weighted by atomic mass is 16.3. The van der Waals surface area contributed by atoms with Crippen molar-refractivity contribution in [1.82, 2.24) is 0 Å². The van der Waals surface area contributed by atoms with Crippen molar-refractivity contribution in [3.63, 3.8) is 0 Å². The van der Waals surface area contributed by atoms with Gasteiger partial charge in [0.1, 0.15) is 0 Å². The van der Waals surface area contributed by atoms with Gasteiger partial charge in [0.15, 0.2) is 0 Å². The molecule has 1 aromatic carbocycles. The third kappa shape index (κ3) is 1.67. The molecule has 0 saturated carbocycles. The predicted octanol–water partition coefficient (Wildman–Crippen LogP) is 2.30. The zero-order chi connectivity index (χ0) is 8.97. The summed E-state index contributed by atoms with van der Waals surface area (Å²) < 4.78 is 0. The molecule has 0 aromatic heterocycles. The highest BCUT2D eigenvalue weighted by Crippen LogP contribution is 2.16. The molecule has 12 heavy (non-hydrogen) atoms. The topological polar surface area (TPSA) is 20.2 Å². The van der Waals surface area contributed by atoms with Crippen LogP contribution in [0.1, 0.15) is 30.5 Å². The summed E-state index contributed by atoms with van der Waals surface area (Å²) in [6, 6.07) is 6.15. The molecule has 0 spiro atoms. The Bertz CT molecular complexity index is 231. The molecule has 1 nitrogen and oxygen atoms in total. The Hall–Kier alpha value is -0.820. The van der Waals surface area contributed by atoms with E-state index in [1.165, 1.54) is 11.1 Å². The van der Waals surface area contributed by atoms with Crippen molar-refractivity contribution < 1.29 is 5.11 Å². The van der Waals surface area contributed by atoms with Crippen LogP contribution in [0.25, 0.3) is 0 Å². The summed E-state index contributed by atoms with van der Waals surface area (Å²) in [7, 11) is 0. The molecule has 66 valence electrons. The summed E-state index contributed by atoms with van der Waals surface area (Å²) in [5.41, 5.74) is 3.77. The first-order valence-corrected chi connectivity index (χ1v) is 4.54. The third-order valence-corrected chi connectivity index (χ3v) is 2.27. The number of rotatable bonds is 3. The van der Waals surface area contributed by atoms with Crippen molar-refractivity contribution in [3.05, 3.63) is 34.9 Å². The Balaban J connectivity index is 3.13. The Kier molecular flexibility index (Phi) is 3.30. The number of hydrogen-bond donors (Lipinski definition) is 1. The van der Waals surface area contributed by atoms with Gasteiger partial charge >= 0.3 is 0 Å². The normalized spacial score (nSPS) is 10.2. The molecule has 0 aliphatic carbocycles. The van der Waals surface area contributed by atoms with Crippen LogP contribution < -0.4 is 0 Å². The summed E-state index contributed by atoms with van der Waals surface area (Å²) in [4.78, 5) is 0. The quantitative estimate of drug-likeness (QED) is 0.726. The molecule has 0 aliphatic rings. The first-order valence-electron chi connectivity index (χ1n) is 4.54. The van der Waals surface area contributed by atoms with Gasteiger partial charge in [-0.2, -0.15) is 0 Å². The standard InChI is InChI=1S/C11H16O/c1-3-9-6-5-7-10(8-12)11(9)4-2/h5-7,12H,3-4,8H2,1-2H3. The molecule has 1 aromatic rings.